The molecule has 0 fully saturated rings. The average Bonchev–Trinajstić information content (AvgIpc) is 3.15. The summed E-state index contributed by atoms with van der Waals surface area (Å²) < 4.78 is 5.39. The molecule has 134 valence electrons. The molecule has 5 heteroatoms. The van der Waals surface area contributed by atoms with E-state index in [1.807, 2.05) is 42.5 Å². The van der Waals surface area contributed by atoms with Crippen LogP contribution in [0.5, 0.6) is 5.75 Å². The Morgan fingerprint density at radius 3 is 2.38 bits per heavy atom. The smallest absolute Gasteiger partial charge is 0.223 e. The number of aromatic hydroxyl groups is 1. The molecule has 3 rings (SSSR count). The Labute approximate surface area is 157 Å². The molecule has 0 aliphatic heterocycles. The van der Waals surface area contributed by atoms with Crippen LogP contribution in [-0.2, 0) is 24.3 Å². The lowest BCUT2D eigenvalue weighted by Gasteiger charge is -2.22. The van der Waals surface area contributed by atoms with Crippen molar-refractivity contribution in [2.75, 3.05) is 0 Å². The molecule has 2 aromatic carbocycles. The van der Waals surface area contributed by atoms with Gasteiger partial charge in [-0.3, -0.25) is 4.79 Å². The minimum absolute atomic E-state index is 0.0235. The van der Waals surface area contributed by atoms with Gasteiger partial charge >= 0.3 is 0 Å². The highest BCUT2D eigenvalue weighted by Crippen LogP contribution is 2.21. The molecule has 1 heterocycles. The van der Waals surface area contributed by atoms with Crippen molar-refractivity contribution in [2.45, 2.75) is 25.9 Å². The quantitative estimate of drug-likeness (QED) is 0.650. The standard InChI is InChI=1S/C21H20ClNO3/c22-19-9-3-1-6-16(19)11-12-21(25)23(15-18-8-5-13-26-18)14-17-7-2-4-10-20(17)24/h1-10,13,24H,11-12,14-15H2. The highest BCUT2D eigenvalue weighted by molar-refractivity contribution is 6.31. The Kier molecular flexibility index (Phi) is 5.97. The van der Waals surface area contributed by atoms with E-state index < -0.39 is 0 Å². The number of phenols is 1. The summed E-state index contributed by atoms with van der Waals surface area (Å²) in [5, 5.41) is 10.7. The first-order chi connectivity index (χ1) is 12.6. The van der Waals surface area contributed by atoms with E-state index in [0.717, 1.165) is 5.56 Å². The number of hydrogen-bond acceptors (Lipinski definition) is 3. The van der Waals surface area contributed by atoms with E-state index in [4.69, 9.17) is 16.0 Å². The SMILES string of the molecule is O=C(CCc1ccccc1Cl)N(Cc1ccco1)Cc1ccccc1O. The predicted molar refractivity (Wildman–Crippen MR) is 101 cm³/mol. The van der Waals surface area contributed by atoms with Gasteiger partial charge in [0.05, 0.1) is 12.8 Å². The number of rotatable bonds is 7. The van der Waals surface area contributed by atoms with E-state index in [-0.39, 0.29) is 11.7 Å². The van der Waals surface area contributed by atoms with Gasteiger partial charge in [0.25, 0.3) is 0 Å². The Hall–Kier alpha value is -2.72. The number of furan rings is 1. The molecule has 26 heavy (non-hydrogen) atoms. The van der Waals surface area contributed by atoms with Crippen molar-refractivity contribution in [3.63, 3.8) is 0 Å². The molecule has 0 saturated heterocycles. The number of halogens is 1. The van der Waals surface area contributed by atoms with Crippen molar-refractivity contribution in [3.8, 4) is 5.75 Å². The molecule has 4 nitrogen and oxygen atoms in total. The monoisotopic (exact) mass is 369 g/mol. The zero-order valence-corrected chi connectivity index (χ0v) is 15.0. The van der Waals surface area contributed by atoms with Gasteiger partial charge in [0, 0.05) is 23.6 Å². The van der Waals surface area contributed by atoms with Crippen LogP contribution in [0.4, 0.5) is 0 Å². The maximum absolute atomic E-state index is 12.8. The van der Waals surface area contributed by atoms with E-state index in [1.165, 1.54) is 0 Å². The molecule has 1 N–H and O–H groups in total. The fourth-order valence-corrected chi connectivity index (χ4v) is 3.00. The fraction of sp³-hybridized carbons (Fsp3) is 0.190. The van der Waals surface area contributed by atoms with E-state index >= 15 is 0 Å². The molecular weight excluding hydrogens is 350 g/mol. The van der Waals surface area contributed by atoms with Gasteiger partial charge in [0.2, 0.25) is 5.91 Å². The molecule has 0 aliphatic carbocycles. The maximum Gasteiger partial charge on any atom is 0.223 e. The minimum atomic E-state index is -0.0235. The molecule has 1 aromatic heterocycles. The van der Waals surface area contributed by atoms with E-state index in [0.29, 0.717) is 42.3 Å². The summed E-state index contributed by atoms with van der Waals surface area (Å²) in [7, 11) is 0. The molecule has 0 atom stereocenters. The van der Waals surface area contributed by atoms with Gasteiger partial charge < -0.3 is 14.4 Å². The van der Waals surface area contributed by atoms with Crippen LogP contribution < -0.4 is 0 Å². The Morgan fingerprint density at radius 2 is 1.69 bits per heavy atom. The number of aryl methyl sites for hydroxylation is 1. The first-order valence-electron chi connectivity index (χ1n) is 8.44. The van der Waals surface area contributed by atoms with E-state index in [2.05, 4.69) is 0 Å². The highest BCUT2D eigenvalue weighted by Gasteiger charge is 2.17. The summed E-state index contributed by atoms with van der Waals surface area (Å²) >= 11 is 6.18. The second kappa shape index (κ2) is 8.59. The van der Waals surface area contributed by atoms with Gasteiger partial charge in [0.15, 0.2) is 0 Å². The molecule has 0 bridgehead atoms. The number of amides is 1. The second-order valence-electron chi connectivity index (χ2n) is 6.05. The van der Waals surface area contributed by atoms with Crippen molar-refractivity contribution in [3.05, 3.63) is 88.8 Å². The first-order valence-corrected chi connectivity index (χ1v) is 8.81. The van der Waals surface area contributed by atoms with Crippen LogP contribution in [0.15, 0.2) is 71.3 Å². The summed E-state index contributed by atoms with van der Waals surface area (Å²) in [4.78, 5) is 14.5. The lowest BCUT2D eigenvalue weighted by atomic mass is 10.1. The van der Waals surface area contributed by atoms with Crippen LogP contribution in [0.2, 0.25) is 5.02 Å². The van der Waals surface area contributed by atoms with Crippen molar-refractivity contribution in [2.24, 2.45) is 0 Å². The molecule has 1 amide bonds. The molecule has 0 radical (unpaired) electrons. The summed E-state index contributed by atoms with van der Waals surface area (Å²) in [6.45, 7) is 0.664. The van der Waals surface area contributed by atoms with Gasteiger partial charge in [-0.2, -0.15) is 0 Å². The lowest BCUT2D eigenvalue weighted by molar-refractivity contribution is -0.132. The molecular formula is C21H20ClNO3. The lowest BCUT2D eigenvalue weighted by Crippen LogP contribution is -2.30. The van der Waals surface area contributed by atoms with Crippen LogP contribution in [0, 0.1) is 0 Å². The van der Waals surface area contributed by atoms with Crippen LogP contribution >= 0.6 is 11.6 Å². The minimum Gasteiger partial charge on any atom is -0.508 e. The first kappa shape index (κ1) is 18.1. The predicted octanol–water partition coefficient (Wildman–Crippen LogP) is 4.80. The van der Waals surface area contributed by atoms with Gasteiger partial charge in [-0.15, -0.1) is 0 Å². The normalized spacial score (nSPS) is 10.7. The topological polar surface area (TPSA) is 53.7 Å². The van der Waals surface area contributed by atoms with Crippen molar-refractivity contribution in [1.82, 2.24) is 4.90 Å². The van der Waals surface area contributed by atoms with Crippen molar-refractivity contribution in [1.29, 1.82) is 0 Å². The largest absolute Gasteiger partial charge is 0.508 e. The second-order valence-corrected chi connectivity index (χ2v) is 6.46. The van der Waals surface area contributed by atoms with Gasteiger partial charge in [-0.1, -0.05) is 48.0 Å². The number of phenolic OH excluding ortho intramolecular Hbond substituents is 1. The van der Waals surface area contributed by atoms with Gasteiger partial charge in [-0.25, -0.2) is 0 Å². The molecule has 3 aromatic rings. The number of nitrogens with zero attached hydrogens (tertiary/aromatic N) is 1. The third kappa shape index (κ3) is 4.67. The molecule has 0 saturated carbocycles. The van der Waals surface area contributed by atoms with Crippen LogP contribution in [-0.4, -0.2) is 15.9 Å². The maximum atomic E-state index is 12.8. The van der Waals surface area contributed by atoms with Crippen LogP contribution in [0.1, 0.15) is 23.3 Å². The summed E-state index contributed by atoms with van der Waals surface area (Å²) in [5.41, 5.74) is 1.65. The summed E-state index contributed by atoms with van der Waals surface area (Å²) in [6.07, 6.45) is 2.48. The average molecular weight is 370 g/mol. The van der Waals surface area contributed by atoms with Crippen LogP contribution in [0.3, 0.4) is 0 Å². The Morgan fingerprint density at radius 1 is 0.962 bits per heavy atom. The third-order valence-corrected chi connectivity index (χ3v) is 4.57. The fourth-order valence-electron chi connectivity index (χ4n) is 2.77. The zero-order chi connectivity index (χ0) is 18.4. The van der Waals surface area contributed by atoms with Crippen molar-refractivity contribution < 1.29 is 14.3 Å². The van der Waals surface area contributed by atoms with Gasteiger partial charge in [-0.05, 0) is 36.2 Å². The third-order valence-electron chi connectivity index (χ3n) is 4.20. The van der Waals surface area contributed by atoms with Crippen molar-refractivity contribution >= 4 is 17.5 Å². The summed E-state index contributed by atoms with van der Waals surface area (Å²) in [5.74, 6) is 0.854. The number of para-hydroxylation sites is 1. The van der Waals surface area contributed by atoms with Gasteiger partial charge in [0.1, 0.15) is 11.5 Å². The molecule has 0 unspecified atom stereocenters. The number of hydrogen-bond donors (Lipinski definition) is 1. The van der Waals surface area contributed by atoms with E-state index in [1.54, 1.807) is 29.4 Å². The zero-order valence-electron chi connectivity index (χ0n) is 14.3. The number of benzene rings is 2. The molecule has 0 aliphatic rings. The molecule has 0 spiro atoms. The number of carbonyl (C=O) groups excluding carboxylic acids is 1. The van der Waals surface area contributed by atoms with E-state index in [9.17, 15) is 9.90 Å². The highest BCUT2D eigenvalue weighted by atomic mass is 35.5. The number of carbonyl (C=O) groups is 1. The summed E-state index contributed by atoms with van der Waals surface area (Å²) in [6, 6.07) is 18.2. The Bertz CT molecular complexity index is 861. The van der Waals surface area contributed by atoms with Crippen LogP contribution in [0.25, 0.3) is 0 Å². The Balaban J connectivity index is 1.72.